The summed E-state index contributed by atoms with van der Waals surface area (Å²) in [6.07, 6.45) is 1.10. The van der Waals surface area contributed by atoms with Gasteiger partial charge in [0.2, 0.25) is 5.91 Å². The zero-order valence-electron chi connectivity index (χ0n) is 17.4. The Morgan fingerprint density at radius 3 is 2.62 bits per heavy atom. The van der Waals surface area contributed by atoms with Crippen LogP contribution in [0.3, 0.4) is 0 Å². The van der Waals surface area contributed by atoms with Crippen LogP contribution in [0.4, 0.5) is 5.82 Å². The fourth-order valence-electron chi connectivity index (χ4n) is 3.27. The molecule has 8 heteroatoms. The number of hydrogen-bond acceptors (Lipinski definition) is 6. The Hall–Kier alpha value is -2.48. The highest BCUT2D eigenvalue weighted by Gasteiger charge is 2.22. The second kappa shape index (κ2) is 9.82. The van der Waals surface area contributed by atoms with Crippen LogP contribution in [0, 0.1) is 6.92 Å². The van der Waals surface area contributed by atoms with Gasteiger partial charge in [-0.1, -0.05) is 13.8 Å². The van der Waals surface area contributed by atoms with Crippen molar-refractivity contribution in [2.24, 2.45) is 0 Å². The molecule has 3 rings (SSSR count). The second-order valence-corrected chi connectivity index (χ2v) is 8.40. The predicted molar refractivity (Wildman–Crippen MR) is 116 cm³/mol. The topological polar surface area (TPSA) is 78.4 Å². The zero-order valence-corrected chi connectivity index (χ0v) is 18.2. The second-order valence-electron chi connectivity index (χ2n) is 7.62. The number of nitrogens with zero attached hydrogens (tertiary/aromatic N) is 4. The molecule has 0 bridgehead atoms. The molecule has 1 aliphatic heterocycles. The average Bonchev–Trinajstić information content (AvgIpc) is 3.25. The number of piperazine rings is 1. The number of aryl methyl sites for hydroxylation is 1. The van der Waals surface area contributed by atoms with Crippen molar-refractivity contribution in [3.8, 4) is 0 Å². The molecule has 156 valence electrons. The maximum Gasteiger partial charge on any atom is 0.252 e. The number of carbonyl (C=O) groups excluding carboxylic acids is 2. The van der Waals surface area contributed by atoms with Crippen molar-refractivity contribution >= 4 is 29.0 Å². The van der Waals surface area contributed by atoms with E-state index in [9.17, 15) is 9.59 Å². The lowest BCUT2D eigenvalue weighted by Crippen LogP contribution is -2.49. The van der Waals surface area contributed by atoms with Gasteiger partial charge in [0.1, 0.15) is 11.6 Å². The van der Waals surface area contributed by atoms with Gasteiger partial charge in [0.25, 0.3) is 5.91 Å². The number of thiophene rings is 1. The molecule has 3 heterocycles. The Kier molecular flexibility index (Phi) is 7.19. The smallest absolute Gasteiger partial charge is 0.252 e. The maximum absolute atomic E-state index is 12.5. The summed E-state index contributed by atoms with van der Waals surface area (Å²) in [6, 6.07) is 3.81. The van der Waals surface area contributed by atoms with Crippen molar-refractivity contribution in [2.45, 2.75) is 39.5 Å². The first-order valence-corrected chi connectivity index (χ1v) is 11.1. The molecular formula is C21H29N5O2S. The molecule has 29 heavy (non-hydrogen) atoms. The third-order valence-electron chi connectivity index (χ3n) is 4.97. The van der Waals surface area contributed by atoms with E-state index in [4.69, 9.17) is 4.98 Å². The fraction of sp³-hybridized carbons (Fsp3) is 0.524. The van der Waals surface area contributed by atoms with Crippen LogP contribution >= 0.6 is 11.3 Å². The molecule has 1 N–H and O–H groups in total. The first-order chi connectivity index (χ1) is 13.9. The fourth-order valence-corrected chi connectivity index (χ4v) is 3.91. The van der Waals surface area contributed by atoms with Crippen LogP contribution in [0.5, 0.6) is 0 Å². The summed E-state index contributed by atoms with van der Waals surface area (Å²) in [7, 11) is 0. The van der Waals surface area contributed by atoms with Gasteiger partial charge in [-0.3, -0.25) is 9.59 Å². The van der Waals surface area contributed by atoms with E-state index in [1.54, 1.807) is 6.07 Å². The first kappa shape index (κ1) is 21.2. The molecule has 2 aromatic heterocycles. The van der Waals surface area contributed by atoms with Crippen molar-refractivity contribution in [1.82, 2.24) is 20.2 Å². The van der Waals surface area contributed by atoms with Crippen LogP contribution in [0.2, 0.25) is 0 Å². The Bertz CT molecular complexity index is 830. The van der Waals surface area contributed by atoms with E-state index < -0.39 is 0 Å². The minimum absolute atomic E-state index is 0.0757. The van der Waals surface area contributed by atoms with Gasteiger partial charge in [0.05, 0.1) is 0 Å². The summed E-state index contributed by atoms with van der Waals surface area (Å²) in [5.41, 5.74) is 1.65. The van der Waals surface area contributed by atoms with E-state index >= 15 is 0 Å². The average molecular weight is 416 g/mol. The normalized spacial score (nSPS) is 14.3. The van der Waals surface area contributed by atoms with Crippen molar-refractivity contribution < 1.29 is 9.59 Å². The van der Waals surface area contributed by atoms with Gasteiger partial charge in [0, 0.05) is 67.8 Å². The molecule has 2 aromatic rings. The Morgan fingerprint density at radius 1 is 1.21 bits per heavy atom. The summed E-state index contributed by atoms with van der Waals surface area (Å²) in [5, 5.41) is 6.57. The van der Waals surface area contributed by atoms with Crippen molar-refractivity contribution in [3.63, 3.8) is 0 Å². The van der Waals surface area contributed by atoms with Crippen molar-refractivity contribution in [3.05, 3.63) is 40.0 Å². The summed E-state index contributed by atoms with van der Waals surface area (Å²) in [4.78, 5) is 37.7. The molecule has 0 radical (unpaired) electrons. The van der Waals surface area contributed by atoms with E-state index in [0.717, 1.165) is 30.4 Å². The third kappa shape index (κ3) is 5.76. The van der Waals surface area contributed by atoms with Gasteiger partial charge in [-0.25, -0.2) is 9.97 Å². The highest BCUT2D eigenvalue weighted by molar-refractivity contribution is 7.08. The molecule has 0 unspecified atom stereocenters. The first-order valence-electron chi connectivity index (χ1n) is 10.1. The van der Waals surface area contributed by atoms with E-state index in [2.05, 4.69) is 29.0 Å². The van der Waals surface area contributed by atoms with Crippen LogP contribution in [0.25, 0.3) is 0 Å². The summed E-state index contributed by atoms with van der Waals surface area (Å²) in [6.45, 7) is 9.63. The molecule has 0 atom stereocenters. The summed E-state index contributed by atoms with van der Waals surface area (Å²) < 4.78 is 0. The van der Waals surface area contributed by atoms with Gasteiger partial charge < -0.3 is 15.1 Å². The molecule has 1 saturated heterocycles. The van der Waals surface area contributed by atoms with Gasteiger partial charge in [0.15, 0.2) is 0 Å². The Labute approximate surface area is 176 Å². The van der Waals surface area contributed by atoms with E-state index in [0.29, 0.717) is 38.0 Å². The summed E-state index contributed by atoms with van der Waals surface area (Å²) >= 11 is 1.50. The molecule has 1 aliphatic rings. The lowest BCUT2D eigenvalue weighted by molar-refractivity contribution is -0.131. The predicted octanol–water partition coefficient (Wildman–Crippen LogP) is 2.83. The molecular weight excluding hydrogens is 386 g/mol. The quantitative estimate of drug-likeness (QED) is 0.704. The van der Waals surface area contributed by atoms with Crippen LogP contribution < -0.4 is 10.2 Å². The van der Waals surface area contributed by atoms with Crippen LogP contribution in [-0.2, 0) is 4.79 Å². The minimum Gasteiger partial charge on any atom is -0.353 e. The number of nitrogens with one attached hydrogen (secondary N) is 1. The molecule has 2 amide bonds. The third-order valence-corrected chi connectivity index (χ3v) is 5.65. The number of rotatable bonds is 7. The number of carbonyl (C=O) groups is 2. The van der Waals surface area contributed by atoms with Crippen LogP contribution in [-0.4, -0.2) is 59.4 Å². The summed E-state index contributed by atoms with van der Waals surface area (Å²) in [5.74, 6) is 2.17. The van der Waals surface area contributed by atoms with Crippen LogP contribution in [0.1, 0.15) is 54.5 Å². The van der Waals surface area contributed by atoms with Gasteiger partial charge >= 0.3 is 0 Å². The standard InChI is InChI=1S/C21H29N5O2S/c1-15(2)20-23-16(3)13-18(24-20)25-8-10-26(11-9-25)19(27)5-4-7-22-21(28)17-6-12-29-14-17/h6,12-15H,4-5,7-11H2,1-3H3,(H,22,28). The molecule has 0 spiro atoms. The molecule has 0 aromatic carbocycles. The van der Waals surface area contributed by atoms with Gasteiger partial charge in [-0.05, 0) is 24.8 Å². The molecule has 0 saturated carbocycles. The van der Waals surface area contributed by atoms with E-state index in [-0.39, 0.29) is 17.7 Å². The van der Waals surface area contributed by atoms with E-state index in [1.165, 1.54) is 11.3 Å². The Morgan fingerprint density at radius 2 is 1.97 bits per heavy atom. The zero-order chi connectivity index (χ0) is 20.8. The SMILES string of the molecule is Cc1cc(N2CCN(C(=O)CCCNC(=O)c3ccsc3)CC2)nc(C(C)C)n1. The maximum atomic E-state index is 12.5. The monoisotopic (exact) mass is 415 g/mol. The number of amides is 2. The lowest BCUT2D eigenvalue weighted by Gasteiger charge is -2.35. The largest absolute Gasteiger partial charge is 0.353 e. The highest BCUT2D eigenvalue weighted by Crippen LogP contribution is 2.19. The highest BCUT2D eigenvalue weighted by atomic mass is 32.1. The number of aromatic nitrogens is 2. The molecule has 7 nitrogen and oxygen atoms in total. The molecule has 1 fully saturated rings. The van der Waals surface area contributed by atoms with Gasteiger partial charge in [-0.15, -0.1) is 0 Å². The molecule has 0 aliphatic carbocycles. The number of anilines is 1. The van der Waals surface area contributed by atoms with Crippen molar-refractivity contribution in [1.29, 1.82) is 0 Å². The van der Waals surface area contributed by atoms with E-state index in [1.807, 2.05) is 28.7 Å². The number of hydrogen-bond donors (Lipinski definition) is 1. The Balaban J connectivity index is 1.42. The lowest BCUT2D eigenvalue weighted by atomic mass is 10.2. The minimum atomic E-state index is -0.0757. The van der Waals surface area contributed by atoms with Crippen LogP contribution in [0.15, 0.2) is 22.9 Å². The van der Waals surface area contributed by atoms with Crippen molar-refractivity contribution in [2.75, 3.05) is 37.6 Å². The van der Waals surface area contributed by atoms with Gasteiger partial charge in [-0.2, -0.15) is 11.3 Å².